The highest BCUT2D eigenvalue weighted by Gasteiger charge is 2.14. The smallest absolute Gasteiger partial charge is 0.272 e. The molecule has 0 saturated carbocycles. The van der Waals surface area contributed by atoms with Gasteiger partial charge in [0.15, 0.2) is 0 Å². The molecule has 2 rings (SSSR count). The van der Waals surface area contributed by atoms with Crippen LogP contribution in [0.4, 0.5) is 5.69 Å². The highest BCUT2D eigenvalue weighted by molar-refractivity contribution is 6.44. The molecule has 0 radical (unpaired) electrons. The van der Waals surface area contributed by atoms with Gasteiger partial charge in [0.25, 0.3) is 5.91 Å². The number of carbonyl (C=O) groups is 2. The van der Waals surface area contributed by atoms with Crippen molar-refractivity contribution in [3.63, 3.8) is 0 Å². The van der Waals surface area contributed by atoms with Gasteiger partial charge in [-0.15, -0.1) is 0 Å². The largest absolute Gasteiger partial charge is 0.322 e. The number of nitrogens with one attached hydrogen (secondary N) is 2. The van der Waals surface area contributed by atoms with E-state index in [0.717, 1.165) is 11.1 Å². The van der Waals surface area contributed by atoms with E-state index in [1.165, 1.54) is 6.92 Å². The van der Waals surface area contributed by atoms with Gasteiger partial charge in [-0.2, -0.15) is 0 Å². The van der Waals surface area contributed by atoms with Crippen LogP contribution in [0.15, 0.2) is 48.2 Å². The molecule has 0 aliphatic carbocycles. The molecule has 6 heteroatoms. The second kappa shape index (κ2) is 7.99. The lowest BCUT2D eigenvalue weighted by molar-refractivity contribution is -0.120. The molecule has 124 valence electrons. The Labute approximate surface area is 150 Å². The first-order valence-electron chi connectivity index (χ1n) is 7.18. The van der Waals surface area contributed by atoms with Crippen LogP contribution in [0.25, 0.3) is 6.08 Å². The number of hydrogen-bond donors (Lipinski definition) is 2. The lowest BCUT2D eigenvalue weighted by Crippen LogP contribution is -2.29. The van der Waals surface area contributed by atoms with Gasteiger partial charge in [-0.1, -0.05) is 53.5 Å². The van der Waals surface area contributed by atoms with Crippen LogP contribution in [0.2, 0.25) is 10.0 Å². The number of halogens is 2. The standard InChI is InChI=1S/C18H16Cl2N2O2/c1-11-6-3-4-7-13(11)10-16(21-12(2)23)18(24)22-15-9-5-8-14(19)17(15)20/h3-10H,1-2H3,(H,21,23)(H,22,24)/b16-10-. The molecule has 0 aliphatic heterocycles. The van der Waals surface area contributed by atoms with Gasteiger partial charge in [0.1, 0.15) is 5.70 Å². The van der Waals surface area contributed by atoms with Gasteiger partial charge in [0.05, 0.1) is 15.7 Å². The summed E-state index contributed by atoms with van der Waals surface area (Å²) in [6, 6.07) is 12.5. The van der Waals surface area contributed by atoms with E-state index in [1.54, 1.807) is 24.3 Å². The lowest BCUT2D eigenvalue weighted by atomic mass is 10.1. The third kappa shape index (κ3) is 4.60. The fraction of sp³-hybridized carbons (Fsp3) is 0.111. The maximum Gasteiger partial charge on any atom is 0.272 e. The molecular formula is C18H16Cl2N2O2. The minimum absolute atomic E-state index is 0.118. The zero-order chi connectivity index (χ0) is 17.7. The van der Waals surface area contributed by atoms with Crippen molar-refractivity contribution in [3.8, 4) is 0 Å². The summed E-state index contributed by atoms with van der Waals surface area (Å²) in [6.07, 6.45) is 1.62. The molecule has 2 aromatic rings. The number of hydrogen-bond acceptors (Lipinski definition) is 2. The van der Waals surface area contributed by atoms with Crippen molar-refractivity contribution in [1.29, 1.82) is 0 Å². The molecular weight excluding hydrogens is 347 g/mol. The summed E-state index contributed by atoms with van der Waals surface area (Å²) in [4.78, 5) is 24.0. The molecule has 0 fully saturated rings. The second-order valence-electron chi connectivity index (χ2n) is 5.15. The average molecular weight is 363 g/mol. The van der Waals surface area contributed by atoms with E-state index in [4.69, 9.17) is 23.2 Å². The Morgan fingerprint density at radius 1 is 1.04 bits per heavy atom. The highest BCUT2D eigenvalue weighted by Crippen LogP contribution is 2.29. The van der Waals surface area contributed by atoms with Crippen LogP contribution >= 0.6 is 23.2 Å². The number of benzene rings is 2. The number of aryl methyl sites for hydroxylation is 1. The predicted molar refractivity (Wildman–Crippen MR) is 98.1 cm³/mol. The van der Waals surface area contributed by atoms with Crippen LogP contribution in [0.5, 0.6) is 0 Å². The molecule has 24 heavy (non-hydrogen) atoms. The minimum Gasteiger partial charge on any atom is -0.322 e. The van der Waals surface area contributed by atoms with Crippen LogP contribution < -0.4 is 10.6 Å². The van der Waals surface area contributed by atoms with Gasteiger partial charge < -0.3 is 10.6 Å². The molecule has 0 atom stereocenters. The van der Waals surface area contributed by atoms with Gasteiger partial charge in [0, 0.05) is 6.92 Å². The minimum atomic E-state index is -0.488. The molecule has 2 N–H and O–H groups in total. The van der Waals surface area contributed by atoms with Crippen LogP contribution in [-0.2, 0) is 9.59 Å². The van der Waals surface area contributed by atoms with Crippen molar-refractivity contribution in [2.75, 3.05) is 5.32 Å². The summed E-state index contributed by atoms with van der Waals surface area (Å²) in [5.74, 6) is -0.834. The van der Waals surface area contributed by atoms with Gasteiger partial charge in [0.2, 0.25) is 5.91 Å². The molecule has 0 unspecified atom stereocenters. The molecule has 2 aromatic carbocycles. The van der Waals surface area contributed by atoms with Gasteiger partial charge >= 0.3 is 0 Å². The van der Waals surface area contributed by atoms with E-state index in [1.807, 2.05) is 31.2 Å². The molecule has 0 heterocycles. The topological polar surface area (TPSA) is 58.2 Å². The van der Waals surface area contributed by atoms with Gasteiger partial charge in [-0.25, -0.2) is 0 Å². The lowest BCUT2D eigenvalue weighted by Gasteiger charge is -2.12. The first-order valence-corrected chi connectivity index (χ1v) is 7.94. The number of amides is 2. The highest BCUT2D eigenvalue weighted by atomic mass is 35.5. The monoisotopic (exact) mass is 362 g/mol. The van der Waals surface area contributed by atoms with Crippen molar-refractivity contribution in [2.24, 2.45) is 0 Å². The van der Waals surface area contributed by atoms with Crippen LogP contribution in [-0.4, -0.2) is 11.8 Å². The summed E-state index contributed by atoms with van der Waals surface area (Å²) >= 11 is 12.0. The first-order chi connectivity index (χ1) is 11.4. The predicted octanol–water partition coefficient (Wildman–Crippen LogP) is 4.42. The summed E-state index contributed by atoms with van der Waals surface area (Å²) in [7, 11) is 0. The Morgan fingerprint density at radius 2 is 1.75 bits per heavy atom. The molecule has 2 amide bonds. The summed E-state index contributed by atoms with van der Waals surface area (Å²) in [5.41, 5.74) is 2.30. The number of anilines is 1. The normalized spacial score (nSPS) is 11.1. The maximum absolute atomic E-state index is 12.5. The van der Waals surface area contributed by atoms with Gasteiger partial charge in [-0.3, -0.25) is 9.59 Å². The maximum atomic E-state index is 12.5. The summed E-state index contributed by atoms with van der Waals surface area (Å²) in [6.45, 7) is 3.26. The van der Waals surface area contributed by atoms with Gasteiger partial charge in [-0.05, 0) is 36.3 Å². The summed E-state index contributed by atoms with van der Waals surface area (Å²) in [5, 5.41) is 5.77. The van der Waals surface area contributed by atoms with Crippen molar-refractivity contribution in [3.05, 3.63) is 69.3 Å². The van der Waals surface area contributed by atoms with Crippen LogP contribution in [0, 0.1) is 6.92 Å². The Morgan fingerprint density at radius 3 is 2.42 bits per heavy atom. The van der Waals surface area contributed by atoms with E-state index in [9.17, 15) is 9.59 Å². The fourth-order valence-corrected chi connectivity index (χ4v) is 2.39. The molecule has 0 aromatic heterocycles. The molecule has 0 spiro atoms. The zero-order valence-corrected chi connectivity index (χ0v) is 14.7. The first kappa shape index (κ1) is 18.0. The van der Waals surface area contributed by atoms with Crippen LogP contribution in [0.3, 0.4) is 0 Å². The average Bonchev–Trinajstić information content (AvgIpc) is 2.52. The quantitative estimate of drug-likeness (QED) is 0.791. The fourth-order valence-electron chi connectivity index (χ4n) is 2.04. The third-order valence-corrected chi connectivity index (χ3v) is 4.06. The Hall–Kier alpha value is -2.30. The third-order valence-electron chi connectivity index (χ3n) is 3.24. The van der Waals surface area contributed by atoms with E-state index in [0.29, 0.717) is 10.7 Å². The zero-order valence-electron chi connectivity index (χ0n) is 13.2. The molecule has 0 bridgehead atoms. The molecule has 0 saturated heterocycles. The van der Waals surface area contributed by atoms with Crippen molar-refractivity contribution >= 4 is 46.8 Å². The van der Waals surface area contributed by atoms with E-state index in [-0.39, 0.29) is 16.6 Å². The SMILES string of the molecule is CC(=O)N/C(=C\c1ccccc1C)C(=O)Nc1cccc(Cl)c1Cl. The van der Waals surface area contributed by atoms with E-state index >= 15 is 0 Å². The number of carbonyl (C=O) groups excluding carboxylic acids is 2. The molecule has 4 nitrogen and oxygen atoms in total. The number of rotatable bonds is 4. The Bertz CT molecular complexity index is 816. The Kier molecular flexibility index (Phi) is 6.01. The van der Waals surface area contributed by atoms with Crippen molar-refractivity contribution in [2.45, 2.75) is 13.8 Å². The van der Waals surface area contributed by atoms with Crippen molar-refractivity contribution in [1.82, 2.24) is 5.32 Å². The Balaban J connectivity index is 2.34. The van der Waals surface area contributed by atoms with E-state index < -0.39 is 5.91 Å². The molecule has 0 aliphatic rings. The summed E-state index contributed by atoms with van der Waals surface area (Å²) < 4.78 is 0. The van der Waals surface area contributed by atoms with Crippen molar-refractivity contribution < 1.29 is 9.59 Å². The van der Waals surface area contributed by atoms with Crippen LogP contribution in [0.1, 0.15) is 18.1 Å². The second-order valence-corrected chi connectivity index (χ2v) is 5.94. The van der Waals surface area contributed by atoms with E-state index in [2.05, 4.69) is 10.6 Å².